The summed E-state index contributed by atoms with van der Waals surface area (Å²) in [6.07, 6.45) is 2.75. The number of rotatable bonds is 4. The molecule has 0 amide bonds. The van der Waals surface area contributed by atoms with Crippen molar-refractivity contribution in [3.63, 3.8) is 0 Å². The topological polar surface area (TPSA) is 15.3 Å². The smallest absolute Gasteiger partial charge is 0.0191 e. The van der Waals surface area contributed by atoms with Gasteiger partial charge in [0.2, 0.25) is 0 Å². The Kier molecular flexibility index (Phi) is 4.20. The zero-order valence-corrected chi connectivity index (χ0v) is 11.8. The van der Waals surface area contributed by atoms with Crippen LogP contribution in [0.1, 0.15) is 26.7 Å². The summed E-state index contributed by atoms with van der Waals surface area (Å²) in [6.45, 7) is 8.50. The molecule has 2 aliphatic rings. The van der Waals surface area contributed by atoms with E-state index in [9.17, 15) is 0 Å². The lowest BCUT2D eigenvalue weighted by atomic mass is 9.76. The van der Waals surface area contributed by atoms with Crippen LogP contribution in [0.5, 0.6) is 0 Å². The zero-order valence-electron chi connectivity index (χ0n) is 11.0. The average Bonchev–Trinajstić information content (AvgIpc) is 2.88. The monoisotopic (exact) mass is 242 g/mol. The standard InChI is InChI=1S/C13H26N2S/c1-11(2)13(5-6-14-9-13)10-15(3)12-4-7-16-8-12/h11-12,14H,4-10H2,1-3H3. The molecule has 2 fully saturated rings. The van der Waals surface area contributed by atoms with Crippen LogP contribution in [0, 0.1) is 11.3 Å². The van der Waals surface area contributed by atoms with Gasteiger partial charge in [-0.3, -0.25) is 0 Å². The van der Waals surface area contributed by atoms with Gasteiger partial charge in [0, 0.05) is 24.9 Å². The van der Waals surface area contributed by atoms with Crippen LogP contribution in [0.4, 0.5) is 0 Å². The van der Waals surface area contributed by atoms with Crippen molar-refractivity contribution in [2.24, 2.45) is 11.3 Å². The summed E-state index contributed by atoms with van der Waals surface area (Å²) in [6, 6.07) is 0.834. The summed E-state index contributed by atoms with van der Waals surface area (Å²) >= 11 is 2.12. The lowest BCUT2D eigenvalue weighted by molar-refractivity contribution is 0.113. The minimum absolute atomic E-state index is 0.530. The van der Waals surface area contributed by atoms with Crippen LogP contribution in [0.15, 0.2) is 0 Å². The molecule has 0 bridgehead atoms. The summed E-state index contributed by atoms with van der Waals surface area (Å²) in [5, 5.41) is 3.56. The predicted molar refractivity (Wildman–Crippen MR) is 73.1 cm³/mol. The van der Waals surface area contributed by atoms with E-state index in [4.69, 9.17) is 0 Å². The Morgan fingerprint density at radius 3 is 2.81 bits per heavy atom. The largest absolute Gasteiger partial charge is 0.316 e. The first kappa shape index (κ1) is 12.7. The van der Waals surface area contributed by atoms with Gasteiger partial charge in [-0.2, -0.15) is 11.8 Å². The minimum atomic E-state index is 0.530. The molecule has 16 heavy (non-hydrogen) atoms. The highest BCUT2D eigenvalue weighted by Crippen LogP contribution is 2.36. The lowest BCUT2D eigenvalue weighted by Gasteiger charge is -2.38. The van der Waals surface area contributed by atoms with Crippen molar-refractivity contribution >= 4 is 11.8 Å². The first-order valence-electron chi connectivity index (χ1n) is 6.63. The van der Waals surface area contributed by atoms with Crippen molar-refractivity contribution in [1.29, 1.82) is 0 Å². The Morgan fingerprint density at radius 1 is 1.50 bits per heavy atom. The van der Waals surface area contributed by atoms with E-state index in [0.29, 0.717) is 5.41 Å². The van der Waals surface area contributed by atoms with E-state index in [0.717, 1.165) is 12.0 Å². The van der Waals surface area contributed by atoms with Gasteiger partial charge in [-0.15, -0.1) is 0 Å². The fourth-order valence-electron chi connectivity index (χ4n) is 3.07. The van der Waals surface area contributed by atoms with E-state index in [1.165, 1.54) is 44.0 Å². The lowest BCUT2D eigenvalue weighted by Crippen LogP contribution is -2.45. The van der Waals surface area contributed by atoms with Crippen LogP contribution in [0.3, 0.4) is 0 Å². The van der Waals surface area contributed by atoms with E-state index in [1.54, 1.807) is 0 Å². The molecule has 0 aliphatic carbocycles. The molecule has 2 saturated heterocycles. The summed E-state index contributed by atoms with van der Waals surface area (Å²) in [5.41, 5.74) is 0.530. The first-order valence-corrected chi connectivity index (χ1v) is 7.78. The van der Waals surface area contributed by atoms with Crippen LogP contribution in [0.25, 0.3) is 0 Å². The Balaban J connectivity index is 1.94. The molecule has 1 N–H and O–H groups in total. The van der Waals surface area contributed by atoms with Crippen molar-refractivity contribution in [2.75, 3.05) is 38.2 Å². The molecule has 0 saturated carbocycles. The Bertz CT molecular complexity index is 218. The average molecular weight is 242 g/mol. The highest BCUT2D eigenvalue weighted by Gasteiger charge is 2.39. The highest BCUT2D eigenvalue weighted by molar-refractivity contribution is 7.99. The van der Waals surface area contributed by atoms with Crippen LogP contribution in [-0.4, -0.2) is 49.1 Å². The van der Waals surface area contributed by atoms with Gasteiger partial charge in [-0.25, -0.2) is 0 Å². The summed E-state index contributed by atoms with van der Waals surface area (Å²) in [7, 11) is 2.33. The molecule has 0 radical (unpaired) electrons. The number of nitrogens with one attached hydrogen (secondary N) is 1. The maximum atomic E-state index is 3.56. The molecule has 0 aromatic carbocycles. The molecule has 2 aliphatic heterocycles. The van der Waals surface area contributed by atoms with E-state index in [1.807, 2.05) is 0 Å². The minimum Gasteiger partial charge on any atom is -0.316 e. The first-order chi connectivity index (χ1) is 7.64. The molecule has 2 rings (SSSR count). The van der Waals surface area contributed by atoms with E-state index < -0.39 is 0 Å². The van der Waals surface area contributed by atoms with Crippen molar-refractivity contribution in [1.82, 2.24) is 10.2 Å². The van der Waals surface area contributed by atoms with Gasteiger partial charge in [0.1, 0.15) is 0 Å². The van der Waals surface area contributed by atoms with Gasteiger partial charge >= 0.3 is 0 Å². The number of hydrogen-bond donors (Lipinski definition) is 1. The molecule has 94 valence electrons. The fraction of sp³-hybridized carbons (Fsp3) is 1.00. The molecule has 2 heterocycles. The molecule has 2 nitrogen and oxygen atoms in total. The fourth-order valence-corrected chi connectivity index (χ4v) is 4.37. The Labute approximate surface area is 105 Å². The van der Waals surface area contributed by atoms with Gasteiger partial charge < -0.3 is 10.2 Å². The SMILES string of the molecule is CC(C)C1(CN(C)C2CCSC2)CCNC1. The van der Waals surface area contributed by atoms with Crippen LogP contribution < -0.4 is 5.32 Å². The van der Waals surface area contributed by atoms with Gasteiger partial charge in [-0.05, 0) is 43.5 Å². The van der Waals surface area contributed by atoms with Crippen LogP contribution in [-0.2, 0) is 0 Å². The number of nitrogens with zero attached hydrogens (tertiary/aromatic N) is 1. The molecule has 3 heteroatoms. The predicted octanol–water partition coefficient (Wildman–Crippen LogP) is 2.06. The van der Waals surface area contributed by atoms with E-state index in [-0.39, 0.29) is 0 Å². The molecule has 0 spiro atoms. The second-order valence-corrected chi connectivity index (χ2v) is 7.03. The highest BCUT2D eigenvalue weighted by atomic mass is 32.2. The van der Waals surface area contributed by atoms with Crippen molar-refractivity contribution < 1.29 is 0 Å². The van der Waals surface area contributed by atoms with Gasteiger partial charge in [0.25, 0.3) is 0 Å². The second-order valence-electron chi connectivity index (χ2n) is 5.88. The second kappa shape index (κ2) is 5.28. The van der Waals surface area contributed by atoms with Crippen LogP contribution >= 0.6 is 11.8 Å². The molecule has 2 unspecified atom stereocenters. The molecular formula is C13H26N2S. The Hall–Kier alpha value is 0.270. The van der Waals surface area contributed by atoms with Crippen LogP contribution in [0.2, 0.25) is 0 Å². The normalized spacial score (nSPS) is 35.4. The maximum Gasteiger partial charge on any atom is 0.0191 e. The molecular weight excluding hydrogens is 216 g/mol. The molecule has 2 atom stereocenters. The third kappa shape index (κ3) is 2.57. The van der Waals surface area contributed by atoms with Crippen molar-refractivity contribution in [3.8, 4) is 0 Å². The molecule has 0 aromatic heterocycles. The summed E-state index contributed by atoms with van der Waals surface area (Å²) in [5.74, 6) is 3.50. The summed E-state index contributed by atoms with van der Waals surface area (Å²) < 4.78 is 0. The van der Waals surface area contributed by atoms with Gasteiger partial charge in [0.15, 0.2) is 0 Å². The molecule has 0 aromatic rings. The third-order valence-electron chi connectivity index (χ3n) is 4.59. The zero-order chi connectivity index (χ0) is 11.6. The number of hydrogen-bond acceptors (Lipinski definition) is 3. The quantitative estimate of drug-likeness (QED) is 0.812. The van der Waals surface area contributed by atoms with Gasteiger partial charge in [-0.1, -0.05) is 13.8 Å². The Morgan fingerprint density at radius 2 is 2.31 bits per heavy atom. The van der Waals surface area contributed by atoms with Crippen molar-refractivity contribution in [3.05, 3.63) is 0 Å². The van der Waals surface area contributed by atoms with E-state index >= 15 is 0 Å². The van der Waals surface area contributed by atoms with Crippen molar-refractivity contribution in [2.45, 2.75) is 32.7 Å². The third-order valence-corrected chi connectivity index (χ3v) is 5.74. The summed E-state index contributed by atoms with van der Waals surface area (Å²) in [4.78, 5) is 2.63. The number of thioether (sulfide) groups is 1. The van der Waals surface area contributed by atoms with Gasteiger partial charge in [0.05, 0.1) is 0 Å². The van der Waals surface area contributed by atoms with E-state index in [2.05, 4.69) is 42.9 Å². The maximum absolute atomic E-state index is 3.56.